The normalized spacial score (nSPS) is 13.9. The van der Waals surface area contributed by atoms with Crippen LogP contribution < -0.4 is 10.2 Å². The van der Waals surface area contributed by atoms with Crippen LogP contribution in [0, 0.1) is 0 Å². The molecule has 0 aliphatic rings. The number of amides is 1. The number of carbonyl (C=O) groups excluding carboxylic acids is 2. The second-order valence-corrected chi connectivity index (χ2v) is 25.4. The Hall–Kier alpha value is -2.03. The van der Waals surface area contributed by atoms with Crippen molar-refractivity contribution in [2.24, 2.45) is 0 Å². The maximum absolute atomic E-state index is 13.6. The number of likely N-dealkylation sites (N-methyl/N-ethyl adjacent to an activating group) is 1. The number of ether oxygens (including phenoxy) is 1. The predicted octanol–water partition coefficient (Wildman–Crippen LogP) is 20.2. The molecule has 1 N–H and O–H groups in total. The molecular weight excluding hydrogens is 988 g/mol. The molecule has 0 bridgehead atoms. The average molecular weight is 1120 g/mol. The lowest BCUT2D eigenvalue weighted by atomic mass is 10.0. The molecule has 0 aromatic heterocycles. The van der Waals surface area contributed by atoms with Crippen LogP contribution in [0.1, 0.15) is 323 Å². The first kappa shape index (κ1) is 76.0. The summed E-state index contributed by atoms with van der Waals surface area (Å²) < 4.78 is 30.4. The molecule has 10 heteroatoms. The van der Waals surface area contributed by atoms with Crippen LogP contribution in [0.2, 0.25) is 0 Å². The van der Waals surface area contributed by atoms with E-state index in [0.29, 0.717) is 17.4 Å². The van der Waals surface area contributed by atoms with Crippen LogP contribution in [-0.2, 0) is 27.9 Å². The molecule has 0 aliphatic heterocycles. The van der Waals surface area contributed by atoms with Gasteiger partial charge in [0.2, 0.25) is 5.91 Å². The number of nitrogens with zero attached hydrogens (tertiary/aromatic N) is 1. The first-order valence-corrected chi connectivity index (χ1v) is 34.9. The molecule has 0 aromatic carbocycles. The van der Waals surface area contributed by atoms with Crippen LogP contribution in [0.4, 0.5) is 0 Å². The predicted molar refractivity (Wildman–Crippen MR) is 335 cm³/mol. The summed E-state index contributed by atoms with van der Waals surface area (Å²) in [5.41, 5.74) is 0. The van der Waals surface area contributed by atoms with Gasteiger partial charge in [-0.25, -0.2) is 0 Å². The number of phosphoric ester groups is 1. The number of unbranched alkanes of at least 4 members (excludes halogenated alkanes) is 39. The van der Waals surface area contributed by atoms with E-state index < -0.39 is 26.6 Å². The zero-order valence-electron chi connectivity index (χ0n) is 52.4. The van der Waals surface area contributed by atoms with Crippen molar-refractivity contribution in [2.45, 2.75) is 335 Å². The SMILES string of the molecule is CCCCC/C=C\C/C=C\C/C=C\CCCCCCCCC(=O)NC(COP(=O)([O-])OCC[N+](C)(C)C)C(/C=C/CCCCCCCCCCCC)OC(=O)CCCCCCCCCCCCCCCCCCCCCCC. The Balaban J connectivity index is 5.16. The molecule has 0 spiro atoms. The minimum Gasteiger partial charge on any atom is -0.756 e. The van der Waals surface area contributed by atoms with Gasteiger partial charge in [-0.15, -0.1) is 0 Å². The van der Waals surface area contributed by atoms with E-state index in [1.165, 1.54) is 199 Å². The van der Waals surface area contributed by atoms with Gasteiger partial charge < -0.3 is 28.5 Å². The fourth-order valence-electron chi connectivity index (χ4n) is 9.83. The Morgan fingerprint density at radius 1 is 0.449 bits per heavy atom. The summed E-state index contributed by atoms with van der Waals surface area (Å²) in [6, 6.07) is -0.893. The highest BCUT2D eigenvalue weighted by molar-refractivity contribution is 7.45. The summed E-state index contributed by atoms with van der Waals surface area (Å²) in [5, 5.41) is 3.03. The maximum Gasteiger partial charge on any atom is 0.306 e. The van der Waals surface area contributed by atoms with E-state index in [1.807, 2.05) is 33.3 Å². The lowest BCUT2D eigenvalue weighted by Crippen LogP contribution is -2.47. The van der Waals surface area contributed by atoms with Gasteiger partial charge >= 0.3 is 5.97 Å². The van der Waals surface area contributed by atoms with E-state index in [-0.39, 0.29) is 24.9 Å². The molecule has 0 rings (SSSR count). The minimum atomic E-state index is -4.70. The van der Waals surface area contributed by atoms with Gasteiger partial charge in [-0.05, 0) is 70.3 Å². The molecule has 458 valence electrons. The second kappa shape index (κ2) is 58.2. The lowest BCUT2D eigenvalue weighted by molar-refractivity contribution is -0.870. The number of esters is 1. The molecule has 0 saturated heterocycles. The summed E-state index contributed by atoms with van der Waals surface area (Å²) >= 11 is 0. The summed E-state index contributed by atoms with van der Waals surface area (Å²) in [6.45, 7) is 6.85. The molecule has 0 aliphatic carbocycles. The van der Waals surface area contributed by atoms with Gasteiger partial charge in [-0.2, -0.15) is 0 Å². The zero-order valence-corrected chi connectivity index (χ0v) is 53.3. The average Bonchev–Trinajstić information content (AvgIpc) is 3.40. The molecule has 0 saturated carbocycles. The molecule has 0 fully saturated rings. The number of rotatable bonds is 61. The van der Waals surface area contributed by atoms with Gasteiger partial charge in [0.1, 0.15) is 19.3 Å². The lowest BCUT2D eigenvalue weighted by Gasteiger charge is -2.30. The number of allylic oxidation sites excluding steroid dienone is 7. The van der Waals surface area contributed by atoms with E-state index in [9.17, 15) is 19.0 Å². The molecule has 78 heavy (non-hydrogen) atoms. The third-order valence-corrected chi connectivity index (χ3v) is 16.0. The molecule has 3 atom stereocenters. The maximum atomic E-state index is 13.6. The quantitative estimate of drug-likeness (QED) is 0.0212. The highest BCUT2D eigenvalue weighted by atomic mass is 31.2. The summed E-state index contributed by atoms with van der Waals surface area (Å²) in [4.78, 5) is 40.1. The summed E-state index contributed by atoms with van der Waals surface area (Å²) in [6.07, 6.45) is 72.2. The summed E-state index contributed by atoms with van der Waals surface area (Å²) in [7, 11) is 1.18. The number of quaternary nitrogens is 1. The molecule has 0 aromatic rings. The Morgan fingerprint density at radius 2 is 0.782 bits per heavy atom. The fourth-order valence-corrected chi connectivity index (χ4v) is 10.5. The van der Waals surface area contributed by atoms with Crippen molar-refractivity contribution in [3.63, 3.8) is 0 Å². The Kier molecular flexibility index (Phi) is 56.7. The third-order valence-electron chi connectivity index (χ3n) is 15.0. The molecule has 0 radical (unpaired) electrons. The minimum absolute atomic E-state index is 0.0240. The molecular formula is C68H129N2O7P. The fraction of sp³-hybridized carbons (Fsp3) is 0.853. The number of phosphoric acid groups is 1. The highest BCUT2D eigenvalue weighted by Gasteiger charge is 2.27. The van der Waals surface area contributed by atoms with E-state index in [0.717, 1.165) is 89.9 Å². The van der Waals surface area contributed by atoms with Crippen LogP contribution >= 0.6 is 7.82 Å². The van der Waals surface area contributed by atoms with Crippen LogP contribution in [-0.4, -0.2) is 69.4 Å². The standard InChI is InChI=1S/C68H129N2O7P/c1-7-10-13-16-19-22-25-28-30-32-34-35-37-39-41-43-46-49-52-55-58-61-68(72)77-66(59-56-53-50-47-44-27-24-21-18-15-12-9-3)65(64-76-78(73,74)75-63-62-70(4,5)6)69-67(71)60-57-54-51-48-45-42-40-38-36-33-31-29-26-23-20-17-14-11-8-2/h20,23,29,31,36,38,56,59,65-66H,7-19,21-22,24-28,30,32-35,37,39-55,57-58,60-64H2,1-6H3,(H-,69,71,73,74)/b23-20-,31-29-,38-36-,59-56+. The van der Waals surface area contributed by atoms with Crippen LogP contribution in [0.3, 0.4) is 0 Å². The van der Waals surface area contributed by atoms with Crippen LogP contribution in [0.15, 0.2) is 48.6 Å². The van der Waals surface area contributed by atoms with Gasteiger partial charge in [0.25, 0.3) is 7.82 Å². The van der Waals surface area contributed by atoms with E-state index in [2.05, 4.69) is 62.5 Å². The highest BCUT2D eigenvalue weighted by Crippen LogP contribution is 2.38. The van der Waals surface area contributed by atoms with E-state index in [4.69, 9.17) is 13.8 Å². The first-order valence-electron chi connectivity index (χ1n) is 33.4. The smallest absolute Gasteiger partial charge is 0.306 e. The number of hydrogen-bond acceptors (Lipinski definition) is 7. The van der Waals surface area contributed by atoms with Crippen molar-refractivity contribution in [3.8, 4) is 0 Å². The van der Waals surface area contributed by atoms with E-state index >= 15 is 0 Å². The number of hydrogen-bond donors (Lipinski definition) is 1. The van der Waals surface area contributed by atoms with E-state index in [1.54, 1.807) is 0 Å². The second-order valence-electron chi connectivity index (χ2n) is 24.0. The van der Waals surface area contributed by atoms with Crippen LogP contribution in [0.5, 0.6) is 0 Å². The van der Waals surface area contributed by atoms with Gasteiger partial charge in [0.15, 0.2) is 0 Å². The number of nitrogens with one attached hydrogen (secondary N) is 1. The first-order chi connectivity index (χ1) is 37.9. The topological polar surface area (TPSA) is 114 Å². The van der Waals surface area contributed by atoms with Gasteiger partial charge in [0, 0.05) is 12.8 Å². The Morgan fingerprint density at radius 3 is 1.19 bits per heavy atom. The van der Waals surface area contributed by atoms with Crippen molar-refractivity contribution in [2.75, 3.05) is 40.9 Å². The van der Waals surface area contributed by atoms with Gasteiger partial charge in [-0.3, -0.25) is 14.2 Å². The van der Waals surface area contributed by atoms with Crippen molar-refractivity contribution in [1.82, 2.24) is 5.32 Å². The molecule has 1 amide bonds. The van der Waals surface area contributed by atoms with Crippen molar-refractivity contribution < 1.29 is 37.3 Å². The largest absolute Gasteiger partial charge is 0.756 e. The Bertz CT molecular complexity index is 1470. The monoisotopic (exact) mass is 1120 g/mol. The zero-order chi connectivity index (χ0) is 57.2. The molecule has 3 unspecified atom stereocenters. The van der Waals surface area contributed by atoms with Gasteiger partial charge in [0.05, 0.1) is 33.8 Å². The van der Waals surface area contributed by atoms with Crippen molar-refractivity contribution in [1.29, 1.82) is 0 Å². The molecule has 9 nitrogen and oxygen atoms in total. The van der Waals surface area contributed by atoms with Crippen molar-refractivity contribution >= 4 is 19.7 Å². The van der Waals surface area contributed by atoms with Crippen molar-refractivity contribution in [3.05, 3.63) is 48.6 Å². The Labute approximate surface area is 484 Å². The third kappa shape index (κ3) is 58.6. The molecule has 0 heterocycles. The summed E-state index contributed by atoms with van der Waals surface area (Å²) in [5.74, 6) is -0.542. The number of carbonyl (C=O) groups is 2. The van der Waals surface area contributed by atoms with Crippen LogP contribution in [0.25, 0.3) is 0 Å². The van der Waals surface area contributed by atoms with Gasteiger partial charge in [-0.1, -0.05) is 288 Å².